The van der Waals surface area contributed by atoms with Gasteiger partial charge in [-0.2, -0.15) is 0 Å². The maximum absolute atomic E-state index is 14.8. The van der Waals surface area contributed by atoms with E-state index in [1.807, 2.05) is 18.5 Å². The van der Waals surface area contributed by atoms with Gasteiger partial charge in [-0.25, -0.2) is 0 Å². The summed E-state index contributed by atoms with van der Waals surface area (Å²) in [5.41, 5.74) is 1.43. The normalized spacial score (nSPS) is 43.4. The van der Waals surface area contributed by atoms with Crippen LogP contribution in [0.1, 0.15) is 144 Å². The molecule has 1 saturated heterocycles. The lowest BCUT2D eigenvalue weighted by atomic mass is 9.33. The zero-order chi connectivity index (χ0) is 36.6. The van der Waals surface area contributed by atoms with Crippen molar-refractivity contribution in [3.8, 4) is 0 Å². The molecular weight excluding hydrogens is 636 g/mol. The second-order valence-corrected chi connectivity index (χ2v) is 19.7. The second kappa shape index (κ2) is 12.8. The van der Waals surface area contributed by atoms with Crippen LogP contribution in [0, 0.1) is 50.2 Å². The molecule has 6 aliphatic rings. The molecule has 10 atom stereocenters. The maximum atomic E-state index is 14.8. The zero-order valence-electron chi connectivity index (χ0n) is 32.8. The Bertz CT molecular complexity index is 1570. The van der Waals surface area contributed by atoms with Crippen LogP contribution < -0.4 is 0 Å². The molecule has 10 unspecified atom stereocenters. The van der Waals surface area contributed by atoms with Crippen molar-refractivity contribution in [2.45, 2.75) is 145 Å². The van der Waals surface area contributed by atoms with Gasteiger partial charge in [-0.3, -0.25) is 24.3 Å². The van der Waals surface area contributed by atoms with Crippen molar-refractivity contribution in [2.24, 2.45) is 50.2 Å². The molecule has 0 bridgehead atoms. The number of pyridine rings is 1. The summed E-state index contributed by atoms with van der Waals surface area (Å²) < 4.78 is 12.1. The lowest BCUT2D eigenvalue weighted by Gasteiger charge is -2.70. The third-order valence-corrected chi connectivity index (χ3v) is 16.6. The fourth-order valence-corrected chi connectivity index (χ4v) is 13.4. The Labute approximate surface area is 307 Å². The van der Waals surface area contributed by atoms with Crippen LogP contribution in [0.3, 0.4) is 0 Å². The molecule has 5 aliphatic carbocycles. The number of ether oxygens (including phenoxy) is 2. The molecule has 1 aromatic rings. The number of carbonyl (C=O) groups is 3. The zero-order valence-corrected chi connectivity index (χ0v) is 32.8. The monoisotopic (exact) mass is 700 g/mol. The molecule has 51 heavy (non-hydrogen) atoms. The Morgan fingerprint density at radius 2 is 1.71 bits per heavy atom. The number of fused-ring (bicyclic) bond motifs is 7. The Kier molecular flexibility index (Phi) is 9.24. The van der Waals surface area contributed by atoms with Crippen LogP contribution in [0.4, 0.5) is 0 Å². The Hall–Kier alpha value is -2.54. The van der Waals surface area contributed by atoms with Crippen molar-refractivity contribution in [1.29, 1.82) is 0 Å². The number of piperidine rings is 1. The first-order chi connectivity index (χ1) is 24.0. The molecule has 5 fully saturated rings. The van der Waals surface area contributed by atoms with E-state index in [-0.39, 0.29) is 57.0 Å². The van der Waals surface area contributed by atoms with Crippen LogP contribution in [0.15, 0.2) is 36.2 Å². The standard InChI is InChI=1S/C44H64N2O5/c1-29(47)51-36-15-16-42(6)35(39(36,2)3)14-17-44(8)37(42)34(48)26-31-32-27-41(5,19-18-40(32,4)20-21-43(31,44)7)38(49)50-25-24-46-23-10-9-13-33(46)30-12-11-22-45-28-30/h11-12,22,26,28,32-33,35-37H,9-10,13-21,23-25,27H2,1-8H3. The molecule has 7 rings (SSSR count). The van der Waals surface area contributed by atoms with Gasteiger partial charge in [0.05, 0.1) is 5.41 Å². The van der Waals surface area contributed by atoms with Gasteiger partial charge in [-0.1, -0.05) is 59.6 Å². The molecule has 4 saturated carbocycles. The number of nitrogens with zero attached hydrogens (tertiary/aromatic N) is 2. The van der Waals surface area contributed by atoms with Crippen LogP contribution in [-0.4, -0.2) is 53.4 Å². The van der Waals surface area contributed by atoms with Gasteiger partial charge in [0, 0.05) is 43.2 Å². The highest BCUT2D eigenvalue weighted by Gasteiger charge is 2.70. The smallest absolute Gasteiger partial charge is 0.311 e. The van der Waals surface area contributed by atoms with Gasteiger partial charge in [-0.15, -0.1) is 0 Å². The summed E-state index contributed by atoms with van der Waals surface area (Å²) in [4.78, 5) is 47.8. The van der Waals surface area contributed by atoms with Crippen molar-refractivity contribution >= 4 is 17.7 Å². The number of carbonyl (C=O) groups excluding carboxylic acids is 3. The topological polar surface area (TPSA) is 85.8 Å². The minimum absolute atomic E-state index is 0.0652. The summed E-state index contributed by atoms with van der Waals surface area (Å²) >= 11 is 0. The molecule has 0 aromatic carbocycles. The summed E-state index contributed by atoms with van der Waals surface area (Å²) in [5, 5.41) is 0. The molecule has 0 amide bonds. The molecule has 280 valence electrons. The fraction of sp³-hybridized carbons (Fsp3) is 0.773. The number of hydrogen-bond acceptors (Lipinski definition) is 7. The molecule has 0 spiro atoms. The van der Waals surface area contributed by atoms with Crippen molar-refractivity contribution in [2.75, 3.05) is 19.7 Å². The third kappa shape index (κ3) is 5.76. The van der Waals surface area contributed by atoms with Crippen LogP contribution in [0.25, 0.3) is 0 Å². The Morgan fingerprint density at radius 3 is 2.43 bits per heavy atom. The quantitative estimate of drug-likeness (QED) is 0.274. The van der Waals surface area contributed by atoms with E-state index in [2.05, 4.69) is 70.5 Å². The number of likely N-dealkylation sites (tertiary alicyclic amines) is 1. The molecule has 1 aliphatic heterocycles. The second-order valence-electron chi connectivity index (χ2n) is 19.7. The summed E-state index contributed by atoms with van der Waals surface area (Å²) in [6, 6.07) is 4.50. The minimum Gasteiger partial charge on any atom is -0.464 e. The van der Waals surface area contributed by atoms with E-state index in [0.717, 1.165) is 77.3 Å². The van der Waals surface area contributed by atoms with Crippen LogP contribution in [0.5, 0.6) is 0 Å². The first-order valence-corrected chi connectivity index (χ1v) is 20.2. The first kappa shape index (κ1) is 36.8. The van der Waals surface area contributed by atoms with Crippen LogP contribution >= 0.6 is 0 Å². The molecule has 7 nitrogen and oxygen atoms in total. The van der Waals surface area contributed by atoms with E-state index in [9.17, 15) is 14.4 Å². The van der Waals surface area contributed by atoms with Gasteiger partial charge >= 0.3 is 11.9 Å². The largest absolute Gasteiger partial charge is 0.464 e. The molecule has 1 aromatic heterocycles. The molecule has 0 radical (unpaired) electrons. The van der Waals surface area contributed by atoms with E-state index in [1.165, 1.54) is 30.9 Å². The fourth-order valence-electron chi connectivity index (χ4n) is 13.4. The van der Waals surface area contributed by atoms with Gasteiger partial charge in [-0.05, 0) is 135 Å². The molecule has 0 N–H and O–H groups in total. The van der Waals surface area contributed by atoms with Gasteiger partial charge in [0.2, 0.25) is 0 Å². The van der Waals surface area contributed by atoms with Crippen molar-refractivity contribution in [3.05, 3.63) is 41.7 Å². The summed E-state index contributed by atoms with van der Waals surface area (Å²) in [7, 11) is 0. The predicted octanol–water partition coefficient (Wildman–Crippen LogP) is 9.06. The first-order valence-electron chi connectivity index (χ1n) is 20.2. The lowest BCUT2D eigenvalue weighted by Crippen LogP contribution is -2.66. The summed E-state index contributed by atoms with van der Waals surface area (Å²) in [5.74, 6) is 0.430. The number of allylic oxidation sites excluding steroid dienone is 2. The van der Waals surface area contributed by atoms with Crippen molar-refractivity contribution in [1.82, 2.24) is 9.88 Å². The summed E-state index contributed by atoms with van der Waals surface area (Å²) in [6.45, 7) is 20.0. The highest BCUT2D eigenvalue weighted by atomic mass is 16.5. The average Bonchev–Trinajstić information content (AvgIpc) is 3.08. The Morgan fingerprint density at radius 1 is 0.941 bits per heavy atom. The van der Waals surface area contributed by atoms with E-state index >= 15 is 0 Å². The number of rotatable bonds is 6. The highest BCUT2D eigenvalue weighted by Crippen LogP contribution is 2.75. The lowest BCUT2D eigenvalue weighted by molar-refractivity contribution is -0.210. The summed E-state index contributed by atoms with van der Waals surface area (Å²) in [6.07, 6.45) is 17.8. The van der Waals surface area contributed by atoms with Crippen LogP contribution in [-0.2, 0) is 23.9 Å². The van der Waals surface area contributed by atoms with Crippen LogP contribution in [0.2, 0.25) is 0 Å². The number of ketones is 1. The van der Waals surface area contributed by atoms with E-state index in [0.29, 0.717) is 24.3 Å². The van der Waals surface area contributed by atoms with Gasteiger partial charge in [0.25, 0.3) is 0 Å². The van der Waals surface area contributed by atoms with E-state index in [4.69, 9.17) is 9.47 Å². The maximum Gasteiger partial charge on any atom is 0.311 e. The van der Waals surface area contributed by atoms with Gasteiger partial charge in [0.1, 0.15) is 12.7 Å². The van der Waals surface area contributed by atoms with Gasteiger partial charge in [0.15, 0.2) is 5.78 Å². The van der Waals surface area contributed by atoms with Crippen molar-refractivity contribution in [3.63, 3.8) is 0 Å². The third-order valence-electron chi connectivity index (χ3n) is 16.6. The Balaban J connectivity index is 1.11. The molecule has 7 heteroatoms. The number of esters is 2. The average molecular weight is 701 g/mol. The number of aromatic nitrogens is 1. The minimum atomic E-state index is -0.572. The SMILES string of the molecule is CC(=O)OC1CCC2(C)C(CCC3(C)C2C(=O)C=C2C4CC(C)(C(=O)OCCN5CCCCC5c5cccnc5)CCC4(C)CCC23C)C1(C)C. The highest BCUT2D eigenvalue weighted by molar-refractivity contribution is 5.95. The van der Waals surface area contributed by atoms with Crippen molar-refractivity contribution < 1.29 is 23.9 Å². The predicted molar refractivity (Wildman–Crippen MR) is 198 cm³/mol. The van der Waals surface area contributed by atoms with E-state index < -0.39 is 5.41 Å². The number of hydrogen-bond donors (Lipinski definition) is 0. The molecule has 2 heterocycles. The van der Waals surface area contributed by atoms with E-state index in [1.54, 1.807) is 0 Å². The van der Waals surface area contributed by atoms with Gasteiger partial charge < -0.3 is 9.47 Å². The molecular formula is C44H64N2O5.